The lowest BCUT2D eigenvalue weighted by Gasteiger charge is -2.29. The maximum atomic E-state index is 13.6. The van der Waals surface area contributed by atoms with E-state index in [1.54, 1.807) is 0 Å². The third-order valence-electron chi connectivity index (χ3n) is 6.51. The molecule has 0 aliphatic carbocycles. The molecule has 2 fully saturated rings. The molecule has 0 radical (unpaired) electrons. The van der Waals surface area contributed by atoms with Gasteiger partial charge in [-0.15, -0.1) is 0 Å². The van der Waals surface area contributed by atoms with Crippen LogP contribution in [0.25, 0.3) is 22.5 Å². The number of piperidine rings is 1. The maximum Gasteiger partial charge on any atom is 0.286 e. The Morgan fingerprint density at radius 1 is 0.806 bits per heavy atom. The first-order valence-corrected chi connectivity index (χ1v) is 13.1. The second-order valence-corrected chi connectivity index (χ2v) is 9.98. The minimum atomic E-state index is -0.231. The van der Waals surface area contributed by atoms with E-state index < -0.39 is 0 Å². The van der Waals surface area contributed by atoms with Gasteiger partial charge in [-0.25, -0.2) is 15.0 Å². The molecular formula is C27H29Cl2N5O2. The van der Waals surface area contributed by atoms with Gasteiger partial charge in [0.25, 0.3) is 5.91 Å². The summed E-state index contributed by atoms with van der Waals surface area (Å²) in [5.41, 5.74) is 7.11. The predicted molar refractivity (Wildman–Crippen MR) is 142 cm³/mol. The van der Waals surface area contributed by atoms with Crippen LogP contribution in [0.2, 0.25) is 10.0 Å². The molecule has 188 valence electrons. The van der Waals surface area contributed by atoms with Gasteiger partial charge < -0.3 is 4.74 Å². The lowest BCUT2D eigenvalue weighted by Crippen LogP contribution is -2.46. The SMILES string of the molecule is O=C(NN1CCCCC1)c1nc(-c2ccc(Cl)cc2)c(-c2ccc(Cl)cc2)nc1CN1CCOCC1. The van der Waals surface area contributed by atoms with Gasteiger partial charge in [0.05, 0.1) is 30.3 Å². The van der Waals surface area contributed by atoms with Crippen molar-refractivity contribution in [2.75, 3.05) is 39.4 Å². The summed E-state index contributed by atoms with van der Waals surface area (Å²) in [4.78, 5) is 25.9. The minimum absolute atomic E-state index is 0.231. The van der Waals surface area contributed by atoms with Crippen molar-refractivity contribution in [2.24, 2.45) is 0 Å². The smallest absolute Gasteiger partial charge is 0.286 e. The highest BCUT2D eigenvalue weighted by Crippen LogP contribution is 2.32. The zero-order valence-corrected chi connectivity index (χ0v) is 21.6. The fourth-order valence-corrected chi connectivity index (χ4v) is 4.81. The Balaban J connectivity index is 1.60. The van der Waals surface area contributed by atoms with Gasteiger partial charge in [0, 0.05) is 53.9 Å². The molecule has 36 heavy (non-hydrogen) atoms. The first-order chi connectivity index (χ1) is 17.6. The van der Waals surface area contributed by atoms with Gasteiger partial charge in [0.1, 0.15) is 0 Å². The van der Waals surface area contributed by atoms with E-state index >= 15 is 0 Å². The molecular weight excluding hydrogens is 497 g/mol. The second kappa shape index (κ2) is 11.7. The number of morpholine rings is 1. The Morgan fingerprint density at radius 2 is 1.36 bits per heavy atom. The van der Waals surface area contributed by atoms with Gasteiger partial charge in [-0.1, -0.05) is 53.9 Å². The highest BCUT2D eigenvalue weighted by Gasteiger charge is 2.25. The number of hydrogen-bond donors (Lipinski definition) is 1. The normalized spacial score (nSPS) is 17.2. The average Bonchev–Trinajstić information content (AvgIpc) is 2.91. The molecule has 0 atom stereocenters. The highest BCUT2D eigenvalue weighted by atomic mass is 35.5. The molecule has 5 rings (SSSR count). The summed E-state index contributed by atoms with van der Waals surface area (Å²) in [5.74, 6) is -0.231. The summed E-state index contributed by atoms with van der Waals surface area (Å²) in [6, 6.07) is 15.0. The van der Waals surface area contributed by atoms with Crippen molar-refractivity contribution >= 4 is 29.1 Å². The number of rotatable bonds is 6. The average molecular weight is 526 g/mol. The first-order valence-electron chi connectivity index (χ1n) is 12.4. The largest absolute Gasteiger partial charge is 0.379 e. The van der Waals surface area contributed by atoms with Crippen molar-refractivity contribution in [1.82, 2.24) is 25.3 Å². The van der Waals surface area contributed by atoms with E-state index in [9.17, 15) is 4.79 Å². The number of ether oxygens (including phenoxy) is 1. The third-order valence-corrected chi connectivity index (χ3v) is 7.02. The van der Waals surface area contributed by atoms with Crippen molar-refractivity contribution < 1.29 is 9.53 Å². The summed E-state index contributed by atoms with van der Waals surface area (Å²) in [7, 11) is 0. The number of halogens is 2. The van der Waals surface area contributed by atoms with E-state index in [-0.39, 0.29) is 5.91 Å². The number of benzene rings is 2. The van der Waals surface area contributed by atoms with Crippen LogP contribution >= 0.6 is 23.2 Å². The molecule has 0 bridgehead atoms. The summed E-state index contributed by atoms with van der Waals surface area (Å²) in [6.45, 7) is 5.08. The molecule has 7 nitrogen and oxygen atoms in total. The van der Waals surface area contributed by atoms with Gasteiger partial charge in [0.2, 0.25) is 0 Å². The molecule has 0 saturated carbocycles. The van der Waals surface area contributed by atoms with E-state index in [4.69, 9.17) is 37.9 Å². The van der Waals surface area contributed by atoms with Gasteiger partial charge in [0.15, 0.2) is 5.69 Å². The molecule has 1 N–H and O–H groups in total. The Hall–Kier alpha value is -2.55. The molecule has 0 unspecified atom stereocenters. The van der Waals surface area contributed by atoms with Crippen LogP contribution in [-0.2, 0) is 11.3 Å². The molecule has 2 aliphatic rings. The van der Waals surface area contributed by atoms with E-state index in [1.165, 1.54) is 6.42 Å². The fraction of sp³-hybridized carbons (Fsp3) is 0.370. The fourth-order valence-electron chi connectivity index (χ4n) is 4.55. The second-order valence-electron chi connectivity index (χ2n) is 9.11. The van der Waals surface area contributed by atoms with Crippen LogP contribution in [0.3, 0.4) is 0 Å². The Morgan fingerprint density at radius 3 is 1.94 bits per heavy atom. The molecule has 3 heterocycles. The van der Waals surface area contributed by atoms with Crippen LogP contribution in [0.15, 0.2) is 48.5 Å². The maximum absolute atomic E-state index is 13.6. The van der Waals surface area contributed by atoms with Crippen molar-refractivity contribution in [3.63, 3.8) is 0 Å². The van der Waals surface area contributed by atoms with E-state index in [0.29, 0.717) is 52.6 Å². The number of carbonyl (C=O) groups excluding carboxylic acids is 1. The van der Waals surface area contributed by atoms with Gasteiger partial charge in [-0.05, 0) is 37.1 Å². The quantitative estimate of drug-likeness (QED) is 0.483. The number of hydrogen-bond acceptors (Lipinski definition) is 6. The van der Waals surface area contributed by atoms with Crippen molar-refractivity contribution in [1.29, 1.82) is 0 Å². The van der Waals surface area contributed by atoms with E-state index in [0.717, 1.165) is 50.1 Å². The van der Waals surface area contributed by atoms with Crippen LogP contribution in [0.4, 0.5) is 0 Å². The molecule has 2 aromatic carbocycles. The first kappa shape index (κ1) is 25.1. The lowest BCUT2D eigenvalue weighted by molar-refractivity contribution is 0.0334. The summed E-state index contributed by atoms with van der Waals surface area (Å²) < 4.78 is 5.52. The van der Waals surface area contributed by atoms with Crippen molar-refractivity contribution in [3.8, 4) is 22.5 Å². The van der Waals surface area contributed by atoms with Crippen molar-refractivity contribution in [2.45, 2.75) is 25.8 Å². The Bertz CT molecular complexity index is 1190. The molecule has 2 saturated heterocycles. The Kier molecular flexibility index (Phi) is 8.14. The van der Waals surface area contributed by atoms with Gasteiger partial charge >= 0.3 is 0 Å². The van der Waals surface area contributed by atoms with Crippen LogP contribution < -0.4 is 5.43 Å². The van der Waals surface area contributed by atoms with Crippen LogP contribution in [0.1, 0.15) is 35.4 Å². The monoisotopic (exact) mass is 525 g/mol. The van der Waals surface area contributed by atoms with Crippen LogP contribution in [0, 0.1) is 0 Å². The summed E-state index contributed by atoms with van der Waals surface area (Å²) >= 11 is 12.3. The van der Waals surface area contributed by atoms with Crippen molar-refractivity contribution in [3.05, 3.63) is 70.0 Å². The molecule has 0 spiro atoms. The number of hydrazine groups is 1. The number of carbonyl (C=O) groups is 1. The number of nitrogens with zero attached hydrogens (tertiary/aromatic N) is 4. The number of aromatic nitrogens is 2. The molecule has 1 amide bonds. The van der Waals surface area contributed by atoms with Crippen LogP contribution in [-0.4, -0.2) is 65.2 Å². The van der Waals surface area contributed by atoms with Crippen LogP contribution in [0.5, 0.6) is 0 Å². The molecule has 1 aromatic heterocycles. The van der Waals surface area contributed by atoms with E-state index in [1.807, 2.05) is 53.5 Å². The predicted octanol–water partition coefficient (Wildman–Crippen LogP) is 5.08. The van der Waals surface area contributed by atoms with Gasteiger partial charge in [-0.2, -0.15) is 0 Å². The number of amides is 1. The third kappa shape index (κ3) is 6.05. The zero-order chi connectivity index (χ0) is 24.9. The molecule has 2 aliphatic heterocycles. The summed E-state index contributed by atoms with van der Waals surface area (Å²) in [6.07, 6.45) is 3.32. The highest BCUT2D eigenvalue weighted by molar-refractivity contribution is 6.31. The molecule has 9 heteroatoms. The lowest BCUT2D eigenvalue weighted by atomic mass is 10.0. The molecule has 3 aromatic rings. The van der Waals surface area contributed by atoms with E-state index in [2.05, 4.69) is 10.3 Å². The summed E-state index contributed by atoms with van der Waals surface area (Å²) in [5, 5.41) is 3.26. The zero-order valence-electron chi connectivity index (χ0n) is 20.1. The minimum Gasteiger partial charge on any atom is -0.379 e. The standard InChI is InChI=1S/C27H29Cl2N5O2/c28-21-8-4-19(5-9-21)24-25(20-6-10-22(29)11-7-20)31-26(27(35)32-34-12-2-1-3-13-34)23(30-24)18-33-14-16-36-17-15-33/h4-11H,1-3,12-18H2,(H,32,35). The number of nitrogens with one attached hydrogen (secondary N) is 1. The van der Waals surface area contributed by atoms with Gasteiger partial charge in [-0.3, -0.25) is 15.1 Å². The topological polar surface area (TPSA) is 70.6 Å². The Labute approximate surface area is 221 Å².